The molecule has 3 heteroatoms. The van der Waals surface area contributed by atoms with Crippen LogP contribution in [0.5, 0.6) is 5.75 Å². The normalized spacial score (nSPS) is 22.7. The number of ether oxygens (including phenoxy) is 1. The van der Waals surface area contributed by atoms with E-state index < -0.39 is 0 Å². The summed E-state index contributed by atoms with van der Waals surface area (Å²) >= 11 is 0. The predicted octanol–water partition coefficient (Wildman–Crippen LogP) is 2.37. The minimum atomic E-state index is -0.333. The molecule has 2 N–H and O–H groups in total. The van der Waals surface area contributed by atoms with Crippen LogP contribution < -0.4 is 10.1 Å². The highest BCUT2D eigenvalue weighted by Gasteiger charge is 2.30. The minimum Gasteiger partial charge on any atom is -0.493 e. The maximum absolute atomic E-state index is 10.3. The molecule has 2 aromatic rings. The van der Waals surface area contributed by atoms with Crippen molar-refractivity contribution in [3.05, 3.63) is 64.7 Å². The van der Waals surface area contributed by atoms with Crippen molar-refractivity contribution in [2.75, 3.05) is 6.61 Å². The zero-order valence-electron chi connectivity index (χ0n) is 11.9. The van der Waals surface area contributed by atoms with Crippen LogP contribution >= 0.6 is 0 Å². The van der Waals surface area contributed by atoms with Gasteiger partial charge in [-0.2, -0.15) is 0 Å². The van der Waals surface area contributed by atoms with Gasteiger partial charge in [-0.15, -0.1) is 0 Å². The molecule has 1 heterocycles. The second-order valence-electron chi connectivity index (χ2n) is 5.87. The molecule has 108 valence electrons. The van der Waals surface area contributed by atoms with Gasteiger partial charge in [0.2, 0.25) is 0 Å². The average molecular weight is 281 g/mol. The molecule has 1 aliphatic heterocycles. The minimum absolute atomic E-state index is 0.0331. The molecule has 3 nitrogen and oxygen atoms in total. The first-order valence-electron chi connectivity index (χ1n) is 7.55. The highest BCUT2D eigenvalue weighted by atomic mass is 16.5. The molecule has 0 unspecified atom stereocenters. The third kappa shape index (κ3) is 2.33. The van der Waals surface area contributed by atoms with Crippen LogP contribution in [-0.4, -0.2) is 17.8 Å². The number of rotatable bonds is 3. The second-order valence-corrected chi connectivity index (χ2v) is 5.87. The van der Waals surface area contributed by atoms with Gasteiger partial charge in [0.1, 0.15) is 5.75 Å². The van der Waals surface area contributed by atoms with Crippen LogP contribution in [0.25, 0.3) is 0 Å². The molecule has 21 heavy (non-hydrogen) atoms. The molecular formula is C18H19NO2. The number of benzene rings is 2. The number of fused-ring (bicyclic) bond motifs is 2. The molecule has 0 saturated heterocycles. The largest absolute Gasteiger partial charge is 0.493 e. The highest BCUT2D eigenvalue weighted by Crippen LogP contribution is 2.32. The topological polar surface area (TPSA) is 41.5 Å². The zero-order chi connectivity index (χ0) is 14.2. The van der Waals surface area contributed by atoms with E-state index in [1.165, 1.54) is 22.3 Å². The lowest BCUT2D eigenvalue weighted by Gasteiger charge is -2.18. The summed E-state index contributed by atoms with van der Waals surface area (Å²) in [6.45, 7) is 1.56. The van der Waals surface area contributed by atoms with Crippen molar-refractivity contribution in [2.24, 2.45) is 0 Å². The van der Waals surface area contributed by atoms with Gasteiger partial charge in [-0.05, 0) is 28.3 Å². The fourth-order valence-electron chi connectivity index (χ4n) is 3.40. The molecule has 0 amide bonds. The lowest BCUT2D eigenvalue weighted by molar-refractivity contribution is 0.140. The monoisotopic (exact) mass is 281 g/mol. The SMILES string of the molecule is O[C@H]1Cc2ccccc2[C@H]1NCc1ccc2c(c1)CCO2. The van der Waals surface area contributed by atoms with Gasteiger partial charge in [0, 0.05) is 19.4 Å². The highest BCUT2D eigenvalue weighted by molar-refractivity contribution is 5.40. The van der Waals surface area contributed by atoms with Crippen LogP contribution in [0.4, 0.5) is 0 Å². The summed E-state index contributed by atoms with van der Waals surface area (Å²) in [5, 5.41) is 13.8. The van der Waals surface area contributed by atoms with E-state index in [1.807, 2.05) is 12.1 Å². The van der Waals surface area contributed by atoms with Crippen molar-refractivity contribution in [1.29, 1.82) is 0 Å². The van der Waals surface area contributed by atoms with E-state index in [1.54, 1.807) is 0 Å². The van der Waals surface area contributed by atoms with Gasteiger partial charge in [-0.1, -0.05) is 36.4 Å². The molecule has 0 fully saturated rings. The van der Waals surface area contributed by atoms with E-state index in [-0.39, 0.29) is 12.1 Å². The molecule has 2 aliphatic rings. The zero-order valence-corrected chi connectivity index (χ0v) is 11.9. The third-order valence-corrected chi connectivity index (χ3v) is 4.48. The summed E-state index contributed by atoms with van der Waals surface area (Å²) in [5.41, 5.74) is 5.02. The Kier molecular flexibility index (Phi) is 3.17. The van der Waals surface area contributed by atoms with Gasteiger partial charge in [-0.25, -0.2) is 0 Å². The summed E-state index contributed by atoms with van der Waals surface area (Å²) in [4.78, 5) is 0. The van der Waals surface area contributed by atoms with E-state index in [0.717, 1.165) is 31.7 Å². The van der Waals surface area contributed by atoms with Crippen molar-refractivity contribution >= 4 is 0 Å². The number of hydrogen-bond acceptors (Lipinski definition) is 3. The molecule has 0 aromatic heterocycles. The Morgan fingerprint density at radius 3 is 3.00 bits per heavy atom. The molecule has 2 atom stereocenters. The van der Waals surface area contributed by atoms with E-state index in [0.29, 0.717) is 0 Å². The number of nitrogens with one attached hydrogen (secondary N) is 1. The van der Waals surface area contributed by atoms with Crippen molar-refractivity contribution < 1.29 is 9.84 Å². The number of aliphatic hydroxyl groups is 1. The Hall–Kier alpha value is -1.84. The van der Waals surface area contributed by atoms with Gasteiger partial charge in [-0.3, -0.25) is 0 Å². The summed E-state index contributed by atoms with van der Waals surface area (Å²) in [7, 11) is 0. The lowest BCUT2D eigenvalue weighted by atomic mass is 10.1. The van der Waals surface area contributed by atoms with E-state index in [9.17, 15) is 5.11 Å². The Bertz CT molecular complexity index is 668. The lowest BCUT2D eigenvalue weighted by Crippen LogP contribution is -2.28. The van der Waals surface area contributed by atoms with Gasteiger partial charge in [0.05, 0.1) is 18.8 Å². The van der Waals surface area contributed by atoms with Crippen molar-refractivity contribution in [3.63, 3.8) is 0 Å². The summed E-state index contributed by atoms with van der Waals surface area (Å²) < 4.78 is 5.53. The fraction of sp³-hybridized carbons (Fsp3) is 0.333. The number of aliphatic hydroxyl groups excluding tert-OH is 1. The van der Waals surface area contributed by atoms with Gasteiger partial charge in [0.15, 0.2) is 0 Å². The van der Waals surface area contributed by atoms with Gasteiger partial charge in [0.25, 0.3) is 0 Å². The average Bonchev–Trinajstić information content (AvgIpc) is 3.08. The number of hydrogen-bond donors (Lipinski definition) is 2. The first-order valence-corrected chi connectivity index (χ1v) is 7.55. The Balaban J connectivity index is 1.50. The Morgan fingerprint density at radius 2 is 2.05 bits per heavy atom. The van der Waals surface area contributed by atoms with Crippen molar-refractivity contribution in [3.8, 4) is 5.75 Å². The third-order valence-electron chi connectivity index (χ3n) is 4.48. The van der Waals surface area contributed by atoms with Crippen LogP contribution in [0.15, 0.2) is 42.5 Å². The standard InChI is InChI=1S/C18H19NO2/c20-16-10-13-3-1-2-4-15(13)18(16)19-11-12-5-6-17-14(9-12)7-8-21-17/h1-6,9,16,18-20H,7-8,10-11H2/t16-,18+/m0/s1. The summed E-state index contributed by atoms with van der Waals surface area (Å²) in [5.74, 6) is 1.02. The van der Waals surface area contributed by atoms with E-state index in [4.69, 9.17) is 4.74 Å². The van der Waals surface area contributed by atoms with E-state index >= 15 is 0 Å². The molecule has 0 spiro atoms. The Labute approximate surface area is 124 Å². The maximum atomic E-state index is 10.3. The fourth-order valence-corrected chi connectivity index (χ4v) is 3.40. The first kappa shape index (κ1) is 12.9. The first-order chi connectivity index (χ1) is 10.3. The molecule has 0 saturated carbocycles. The Morgan fingerprint density at radius 1 is 1.14 bits per heavy atom. The maximum Gasteiger partial charge on any atom is 0.122 e. The van der Waals surface area contributed by atoms with Crippen LogP contribution in [0.3, 0.4) is 0 Å². The van der Waals surface area contributed by atoms with Crippen molar-refractivity contribution in [2.45, 2.75) is 31.5 Å². The summed E-state index contributed by atoms with van der Waals surface area (Å²) in [6.07, 6.45) is 1.41. The van der Waals surface area contributed by atoms with Gasteiger partial charge >= 0.3 is 0 Å². The van der Waals surface area contributed by atoms with E-state index in [2.05, 4.69) is 35.6 Å². The molecule has 2 aromatic carbocycles. The quantitative estimate of drug-likeness (QED) is 0.907. The van der Waals surface area contributed by atoms with Crippen LogP contribution in [0.1, 0.15) is 28.3 Å². The molecule has 4 rings (SSSR count). The summed E-state index contributed by atoms with van der Waals surface area (Å²) in [6, 6.07) is 14.7. The predicted molar refractivity (Wildman–Crippen MR) is 81.4 cm³/mol. The second kappa shape index (κ2) is 5.17. The van der Waals surface area contributed by atoms with Crippen LogP contribution in [-0.2, 0) is 19.4 Å². The van der Waals surface area contributed by atoms with Crippen LogP contribution in [0, 0.1) is 0 Å². The van der Waals surface area contributed by atoms with Gasteiger partial charge < -0.3 is 15.2 Å². The van der Waals surface area contributed by atoms with Crippen LogP contribution in [0.2, 0.25) is 0 Å². The van der Waals surface area contributed by atoms with Crippen molar-refractivity contribution in [1.82, 2.24) is 5.32 Å². The molecular weight excluding hydrogens is 262 g/mol. The smallest absolute Gasteiger partial charge is 0.122 e. The molecule has 1 aliphatic carbocycles. The molecule has 0 radical (unpaired) electrons. The molecule has 0 bridgehead atoms.